The van der Waals surface area contributed by atoms with E-state index in [0.717, 1.165) is 36.6 Å². The highest BCUT2D eigenvalue weighted by molar-refractivity contribution is 5.78. The van der Waals surface area contributed by atoms with Crippen LogP contribution in [-0.4, -0.2) is 40.0 Å². The van der Waals surface area contributed by atoms with Crippen LogP contribution in [0, 0.1) is 0 Å². The van der Waals surface area contributed by atoms with Crippen molar-refractivity contribution in [3.63, 3.8) is 0 Å². The number of piperidine rings is 1. The van der Waals surface area contributed by atoms with E-state index >= 15 is 0 Å². The maximum Gasteiger partial charge on any atom is 0.245 e. The predicted octanol–water partition coefficient (Wildman–Crippen LogP) is 3.14. The summed E-state index contributed by atoms with van der Waals surface area (Å²) in [6, 6.07) is 8.09. The molecule has 4 rings (SSSR count). The van der Waals surface area contributed by atoms with Gasteiger partial charge in [0.2, 0.25) is 11.3 Å². The molecule has 1 fully saturated rings. The topological polar surface area (TPSA) is 89.2 Å². The van der Waals surface area contributed by atoms with Gasteiger partial charge in [0.1, 0.15) is 5.75 Å². The summed E-state index contributed by atoms with van der Waals surface area (Å²) in [4.78, 5) is 11.5. The SMILES string of the molecule is COc1ccccc1Nc1nc2nonc2nc1N1CCCC[C@@H]1C. The number of ether oxygens (including phenoxy) is 1. The van der Waals surface area contributed by atoms with Crippen molar-refractivity contribution in [1.29, 1.82) is 0 Å². The number of para-hydroxylation sites is 2. The van der Waals surface area contributed by atoms with E-state index in [1.807, 2.05) is 24.3 Å². The Morgan fingerprint density at radius 3 is 2.76 bits per heavy atom. The maximum atomic E-state index is 5.43. The van der Waals surface area contributed by atoms with Crippen LogP contribution in [0.15, 0.2) is 28.9 Å². The van der Waals surface area contributed by atoms with Gasteiger partial charge in [-0.15, -0.1) is 0 Å². The molecule has 1 aromatic carbocycles. The van der Waals surface area contributed by atoms with Gasteiger partial charge in [-0.05, 0) is 48.6 Å². The van der Waals surface area contributed by atoms with Crippen molar-refractivity contribution in [2.45, 2.75) is 32.2 Å². The second kappa shape index (κ2) is 6.54. The molecule has 1 N–H and O–H groups in total. The molecule has 0 radical (unpaired) electrons. The molecule has 0 saturated carbocycles. The highest BCUT2D eigenvalue weighted by atomic mass is 16.6. The fourth-order valence-corrected chi connectivity index (χ4v) is 3.20. The van der Waals surface area contributed by atoms with Crippen LogP contribution in [0.1, 0.15) is 26.2 Å². The van der Waals surface area contributed by atoms with Crippen LogP contribution in [-0.2, 0) is 0 Å². The van der Waals surface area contributed by atoms with Crippen LogP contribution >= 0.6 is 0 Å². The Hall–Kier alpha value is -2.90. The van der Waals surface area contributed by atoms with Crippen molar-refractivity contribution in [1.82, 2.24) is 20.3 Å². The summed E-state index contributed by atoms with van der Waals surface area (Å²) in [6.07, 6.45) is 3.49. The van der Waals surface area contributed by atoms with Gasteiger partial charge in [-0.1, -0.05) is 12.1 Å². The number of benzene rings is 1. The normalized spacial score (nSPS) is 17.7. The smallest absolute Gasteiger partial charge is 0.245 e. The average Bonchev–Trinajstić information content (AvgIpc) is 3.09. The van der Waals surface area contributed by atoms with E-state index in [-0.39, 0.29) is 0 Å². The standard InChI is InChI=1S/C17H20N6O2/c1-11-7-5-6-10-23(11)17-16(19-14-15(20-17)22-25-21-14)18-12-8-3-4-9-13(12)24-2/h3-4,8-9,11H,5-7,10H2,1-2H3,(H,18,19,21)/t11-/m0/s1. The van der Waals surface area contributed by atoms with Gasteiger partial charge in [0.05, 0.1) is 12.8 Å². The summed E-state index contributed by atoms with van der Waals surface area (Å²) in [7, 11) is 1.64. The molecule has 1 aliphatic heterocycles. The average molecular weight is 340 g/mol. The van der Waals surface area contributed by atoms with Gasteiger partial charge < -0.3 is 15.0 Å². The molecule has 3 heterocycles. The van der Waals surface area contributed by atoms with Crippen molar-refractivity contribution < 1.29 is 9.37 Å². The minimum atomic E-state index is 0.380. The fourth-order valence-electron chi connectivity index (χ4n) is 3.20. The van der Waals surface area contributed by atoms with Crippen LogP contribution in [0.4, 0.5) is 17.3 Å². The van der Waals surface area contributed by atoms with E-state index in [2.05, 4.69) is 37.4 Å². The van der Waals surface area contributed by atoms with Crippen molar-refractivity contribution in [3.8, 4) is 5.75 Å². The molecule has 0 bridgehead atoms. The third-order valence-corrected chi connectivity index (χ3v) is 4.53. The summed E-state index contributed by atoms with van der Waals surface area (Å²) in [5.74, 6) is 2.13. The van der Waals surface area contributed by atoms with Crippen LogP contribution in [0.2, 0.25) is 0 Å². The first kappa shape index (κ1) is 15.6. The molecule has 1 aliphatic rings. The first-order valence-electron chi connectivity index (χ1n) is 8.43. The van der Waals surface area contributed by atoms with Gasteiger partial charge in [-0.2, -0.15) is 0 Å². The number of aromatic nitrogens is 4. The van der Waals surface area contributed by atoms with Gasteiger partial charge in [-0.3, -0.25) is 0 Å². The number of anilines is 3. The molecule has 8 nitrogen and oxygen atoms in total. The lowest BCUT2D eigenvalue weighted by Gasteiger charge is -2.35. The van der Waals surface area contributed by atoms with Crippen LogP contribution in [0.5, 0.6) is 5.75 Å². The minimum absolute atomic E-state index is 0.380. The summed E-state index contributed by atoms with van der Waals surface area (Å²) in [5, 5.41) is 11.0. The third kappa shape index (κ3) is 2.95. The Balaban J connectivity index is 1.79. The molecule has 1 saturated heterocycles. The zero-order valence-corrected chi connectivity index (χ0v) is 14.3. The van der Waals surface area contributed by atoms with Crippen LogP contribution < -0.4 is 15.0 Å². The summed E-state index contributed by atoms with van der Waals surface area (Å²) in [5.41, 5.74) is 1.62. The lowest BCUT2D eigenvalue weighted by atomic mass is 10.0. The van der Waals surface area contributed by atoms with Gasteiger partial charge in [0.15, 0.2) is 11.6 Å². The number of methoxy groups -OCH3 is 1. The van der Waals surface area contributed by atoms with E-state index in [0.29, 0.717) is 23.2 Å². The second-order valence-corrected chi connectivity index (χ2v) is 6.17. The first-order valence-corrected chi connectivity index (χ1v) is 8.43. The molecular weight excluding hydrogens is 320 g/mol. The van der Waals surface area contributed by atoms with Crippen LogP contribution in [0.3, 0.4) is 0 Å². The number of hydrogen-bond acceptors (Lipinski definition) is 8. The molecule has 0 amide bonds. The highest BCUT2D eigenvalue weighted by Gasteiger charge is 2.25. The fraction of sp³-hybridized carbons (Fsp3) is 0.412. The maximum absolute atomic E-state index is 5.43. The number of nitrogens with zero attached hydrogens (tertiary/aromatic N) is 5. The highest BCUT2D eigenvalue weighted by Crippen LogP contribution is 2.34. The summed E-state index contributed by atoms with van der Waals surface area (Å²) >= 11 is 0. The van der Waals surface area contributed by atoms with E-state index in [1.165, 1.54) is 6.42 Å². The molecule has 1 atom stereocenters. The molecule has 0 spiro atoms. The molecule has 25 heavy (non-hydrogen) atoms. The lowest BCUT2D eigenvalue weighted by Crippen LogP contribution is -2.38. The Morgan fingerprint density at radius 2 is 1.96 bits per heavy atom. The van der Waals surface area contributed by atoms with Crippen molar-refractivity contribution >= 4 is 28.6 Å². The van der Waals surface area contributed by atoms with E-state index in [9.17, 15) is 0 Å². The molecule has 130 valence electrons. The number of nitrogens with one attached hydrogen (secondary N) is 1. The van der Waals surface area contributed by atoms with E-state index in [4.69, 9.17) is 9.37 Å². The second-order valence-electron chi connectivity index (χ2n) is 6.17. The molecule has 0 aliphatic carbocycles. The monoisotopic (exact) mass is 340 g/mol. The quantitative estimate of drug-likeness (QED) is 0.775. The van der Waals surface area contributed by atoms with E-state index < -0.39 is 0 Å². The third-order valence-electron chi connectivity index (χ3n) is 4.53. The predicted molar refractivity (Wildman–Crippen MR) is 94.3 cm³/mol. The summed E-state index contributed by atoms with van der Waals surface area (Å²) in [6.45, 7) is 3.15. The van der Waals surface area contributed by atoms with Gasteiger partial charge in [-0.25, -0.2) is 14.6 Å². The first-order chi connectivity index (χ1) is 12.3. The molecule has 2 aromatic heterocycles. The van der Waals surface area contributed by atoms with Gasteiger partial charge in [0.25, 0.3) is 0 Å². The Bertz CT molecular complexity index is 880. The zero-order valence-electron chi connectivity index (χ0n) is 14.3. The lowest BCUT2D eigenvalue weighted by molar-refractivity contribution is 0.314. The number of hydrogen-bond donors (Lipinski definition) is 1. The minimum Gasteiger partial charge on any atom is -0.495 e. The Morgan fingerprint density at radius 1 is 1.16 bits per heavy atom. The van der Waals surface area contributed by atoms with E-state index in [1.54, 1.807) is 7.11 Å². The number of rotatable bonds is 4. The number of fused-ring (bicyclic) bond motifs is 1. The van der Waals surface area contributed by atoms with Crippen LogP contribution in [0.25, 0.3) is 11.3 Å². The molecule has 3 aromatic rings. The Labute approximate surface area is 145 Å². The molecule has 0 unspecified atom stereocenters. The van der Waals surface area contributed by atoms with Gasteiger partial charge in [0, 0.05) is 12.6 Å². The molecular formula is C17H20N6O2. The van der Waals surface area contributed by atoms with Crippen molar-refractivity contribution in [2.75, 3.05) is 23.9 Å². The Kier molecular flexibility index (Phi) is 4.09. The summed E-state index contributed by atoms with van der Waals surface area (Å²) < 4.78 is 10.2. The zero-order chi connectivity index (χ0) is 17.2. The van der Waals surface area contributed by atoms with Crippen molar-refractivity contribution in [3.05, 3.63) is 24.3 Å². The molecule has 8 heteroatoms. The van der Waals surface area contributed by atoms with Gasteiger partial charge >= 0.3 is 0 Å². The van der Waals surface area contributed by atoms with Crippen molar-refractivity contribution in [2.24, 2.45) is 0 Å². The largest absolute Gasteiger partial charge is 0.495 e.